The number of nitrogens with zero attached hydrogens (tertiary/aromatic N) is 6. The molecule has 3 aromatic rings. The first kappa shape index (κ1) is 13.8. The zero-order valence-corrected chi connectivity index (χ0v) is 13.1. The summed E-state index contributed by atoms with van der Waals surface area (Å²) >= 11 is 1.74. The molecule has 0 bridgehead atoms. The lowest BCUT2D eigenvalue weighted by Gasteiger charge is -2.25. The van der Waals surface area contributed by atoms with Crippen molar-refractivity contribution in [2.45, 2.75) is 19.9 Å². The second-order valence-electron chi connectivity index (χ2n) is 5.30. The minimum atomic E-state index is 0.0647. The summed E-state index contributed by atoms with van der Waals surface area (Å²) in [6.07, 6.45) is 1.01. The van der Waals surface area contributed by atoms with Crippen LogP contribution in [-0.2, 0) is 13.0 Å². The lowest BCUT2D eigenvalue weighted by Crippen LogP contribution is -2.29. The lowest BCUT2D eigenvalue weighted by atomic mass is 10.1. The topological polar surface area (TPSA) is 91.5 Å². The molecule has 0 radical (unpaired) electrons. The van der Waals surface area contributed by atoms with Gasteiger partial charge in [-0.3, -0.25) is 4.90 Å². The van der Waals surface area contributed by atoms with Crippen LogP contribution in [0.1, 0.15) is 17.4 Å². The van der Waals surface area contributed by atoms with Gasteiger partial charge >= 0.3 is 0 Å². The molecule has 2 N–H and O–H groups in total. The first-order chi connectivity index (χ1) is 10.8. The van der Waals surface area contributed by atoms with E-state index in [1.54, 1.807) is 15.9 Å². The predicted octanol–water partition coefficient (Wildman–Crippen LogP) is 0.516. The minimum absolute atomic E-state index is 0.0647. The predicted molar refractivity (Wildman–Crippen MR) is 84.2 cm³/mol. The van der Waals surface area contributed by atoms with Crippen LogP contribution in [0.15, 0.2) is 0 Å². The molecular formula is C13H17N7OS. The highest BCUT2D eigenvalue weighted by Gasteiger charge is 2.24. The number of likely N-dealkylation sites (N-methyl/N-ethyl adjacent to an activating group) is 1. The van der Waals surface area contributed by atoms with E-state index in [4.69, 9.17) is 5.11 Å². The number of tetrazole rings is 1. The SMILES string of the molecule is CCN1CCc2c(sc3c2c(NCCO)nc2nnnn23)C1. The van der Waals surface area contributed by atoms with Gasteiger partial charge in [-0.1, -0.05) is 12.0 Å². The minimum Gasteiger partial charge on any atom is -0.395 e. The third-order valence-corrected chi connectivity index (χ3v) is 5.26. The fourth-order valence-corrected chi connectivity index (χ4v) is 4.28. The summed E-state index contributed by atoms with van der Waals surface area (Å²) in [7, 11) is 0. The van der Waals surface area contributed by atoms with Gasteiger partial charge in [-0.05, 0) is 29.0 Å². The molecule has 22 heavy (non-hydrogen) atoms. The number of rotatable bonds is 4. The number of nitrogens with one attached hydrogen (secondary N) is 1. The standard InChI is InChI=1S/C13H17N7OS/c1-2-19-5-3-8-9(7-19)22-12-10(8)11(14-4-6-21)15-13-16-17-18-20(12)13/h21H,2-7H2,1H3,(H,14,15,16,18). The Bertz CT molecular complexity index is 827. The highest BCUT2D eigenvalue weighted by molar-refractivity contribution is 7.19. The van der Waals surface area contributed by atoms with Gasteiger partial charge in [-0.25, -0.2) is 0 Å². The molecule has 4 rings (SSSR count). The van der Waals surface area contributed by atoms with Gasteiger partial charge in [-0.2, -0.15) is 9.50 Å². The second-order valence-corrected chi connectivity index (χ2v) is 6.39. The van der Waals surface area contributed by atoms with Gasteiger partial charge in [0.2, 0.25) is 0 Å². The van der Waals surface area contributed by atoms with Crippen LogP contribution >= 0.6 is 11.3 Å². The average Bonchev–Trinajstić information content (AvgIpc) is 3.15. The number of hydrogen-bond donors (Lipinski definition) is 2. The number of aliphatic hydroxyl groups excluding tert-OH is 1. The van der Waals surface area contributed by atoms with Gasteiger partial charge in [-0.15, -0.1) is 11.3 Å². The van der Waals surface area contributed by atoms with E-state index in [-0.39, 0.29) is 6.61 Å². The summed E-state index contributed by atoms with van der Waals surface area (Å²) < 4.78 is 1.71. The van der Waals surface area contributed by atoms with Crippen LogP contribution < -0.4 is 5.32 Å². The van der Waals surface area contributed by atoms with Crippen molar-refractivity contribution in [2.75, 3.05) is 31.6 Å². The Balaban J connectivity index is 1.94. The summed E-state index contributed by atoms with van der Waals surface area (Å²) in [5.74, 6) is 1.26. The molecule has 4 heterocycles. The first-order valence-electron chi connectivity index (χ1n) is 7.41. The molecular weight excluding hydrogens is 302 g/mol. The quantitative estimate of drug-likeness (QED) is 0.724. The summed E-state index contributed by atoms with van der Waals surface area (Å²) in [6.45, 7) is 5.80. The average molecular weight is 319 g/mol. The van der Waals surface area contributed by atoms with Crippen molar-refractivity contribution < 1.29 is 5.11 Å². The highest BCUT2D eigenvalue weighted by Crippen LogP contribution is 2.38. The van der Waals surface area contributed by atoms with Gasteiger partial charge < -0.3 is 10.4 Å². The first-order valence-corrected chi connectivity index (χ1v) is 8.23. The number of anilines is 1. The van der Waals surface area contributed by atoms with E-state index in [0.29, 0.717) is 12.3 Å². The maximum atomic E-state index is 9.09. The normalized spacial score (nSPS) is 15.5. The molecule has 0 amide bonds. The molecule has 116 valence electrons. The Morgan fingerprint density at radius 3 is 3.14 bits per heavy atom. The monoisotopic (exact) mass is 319 g/mol. The van der Waals surface area contributed by atoms with Crippen molar-refractivity contribution >= 4 is 33.1 Å². The number of aromatic nitrogens is 5. The van der Waals surface area contributed by atoms with E-state index in [2.05, 4.69) is 37.6 Å². The van der Waals surface area contributed by atoms with E-state index in [1.807, 2.05) is 0 Å². The molecule has 0 spiro atoms. The largest absolute Gasteiger partial charge is 0.395 e. The molecule has 1 aliphatic heterocycles. The van der Waals surface area contributed by atoms with Crippen LogP contribution in [0.2, 0.25) is 0 Å². The van der Waals surface area contributed by atoms with Crippen LogP contribution in [0.4, 0.5) is 5.82 Å². The second kappa shape index (κ2) is 5.41. The molecule has 0 atom stereocenters. The van der Waals surface area contributed by atoms with Crippen molar-refractivity contribution in [2.24, 2.45) is 0 Å². The summed E-state index contributed by atoms with van der Waals surface area (Å²) in [5, 5.41) is 25.1. The van der Waals surface area contributed by atoms with Crippen LogP contribution in [0.5, 0.6) is 0 Å². The highest BCUT2D eigenvalue weighted by atomic mass is 32.1. The maximum Gasteiger partial charge on any atom is 0.276 e. The zero-order valence-electron chi connectivity index (χ0n) is 12.3. The summed E-state index contributed by atoms with van der Waals surface area (Å²) in [6, 6.07) is 0. The molecule has 9 heteroatoms. The molecule has 0 aromatic carbocycles. The van der Waals surface area contributed by atoms with Gasteiger partial charge in [0.05, 0.1) is 12.0 Å². The lowest BCUT2D eigenvalue weighted by molar-refractivity contribution is 0.272. The molecule has 0 saturated heterocycles. The van der Waals surface area contributed by atoms with Gasteiger partial charge in [0.25, 0.3) is 5.78 Å². The van der Waals surface area contributed by atoms with Gasteiger partial charge in [0, 0.05) is 24.5 Å². The van der Waals surface area contributed by atoms with Crippen molar-refractivity contribution in [3.05, 3.63) is 10.4 Å². The summed E-state index contributed by atoms with van der Waals surface area (Å²) in [5.41, 5.74) is 1.34. The van der Waals surface area contributed by atoms with E-state index < -0.39 is 0 Å². The van der Waals surface area contributed by atoms with E-state index in [1.165, 1.54) is 10.4 Å². The Morgan fingerprint density at radius 2 is 2.32 bits per heavy atom. The van der Waals surface area contributed by atoms with Crippen molar-refractivity contribution in [3.8, 4) is 0 Å². The van der Waals surface area contributed by atoms with Crippen LogP contribution in [-0.4, -0.2) is 61.3 Å². The molecule has 8 nitrogen and oxygen atoms in total. The van der Waals surface area contributed by atoms with Crippen molar-refractivity contribution in [1.82, 2.24) is 29.9 Å². The smallest absolute Gasteiger partial charge is 0.276 e. The number of aliphatic hydroxyl groups is 1. The molecule has 1 aliphatic rings. The summed E-state index contributed by atoms with van der Waals surface area (Å²) in [4.78, 5) is 9.34. The van der Waals surface area contributed by atoms with E-state index >= 15 is 0 Å². The van der Waals surface area contributed by atoms with Crippen LogP contribution in [0, 0.1) is 0 Å². The molecule has 0 fully saturated rings. The molecule has 0 saturated carbocycles. The van der Waals surface area contributed by atoms with Crippen molar-refractivity contribution in [3.63, 3.8) is 0 Å². The Kier molecular flexibility index (Phi) is 3.40. The molecule has 3 aromatic heterocycles. The molecule has 0 aliphatic carbocycles. The zero-order chi connectivity index (χ0) is 15.1. The Labute approximate surface area is 130 Å². The fraction of sp³-hybridized carbons (Fsp3) is 0.538. The van der Waals surface area contributed by atoms with E-state index in [9.17, 15) is 0 Å². The number of fused-ring (bicyclic) bond motifs is 5. The molecule has 0 unspecified atom stereocenters. The number of thiophene rings is 1. The fourth-order valence-electron chi connectivity index (χ4n) is 2.95. The Morgan fingerprint density at radius 1 is 1.41 bits per heavy atom. The van der Waals surface area contributed by atoms with E-state index in [0.717, 1.165) is 42.1 Å². The third-order valence-electron chi connectivity index (χ3n) is 4.06. The van der Waals surface area contributed by atoms with Crippen LogP contribution in [0.25, 0.3) is 16.0 Å². The van der Waals surface area contributed by atoms with Crippen LogP contribution in [0.3, 0.4) is 0 Å². The number of hydrogen-bond acceptors (Lipinski definition) is 8. The van der Waals surface area contributed by atoms with Gasteiger partial charge in [0.15, 0.2) is 0 Å². The third kappa shape index (κ3) is 2.04. The maximum absolute atomic E-state index is 9.09. The Hall–Kier alpha value is -1.84. The van der Waals surface area contributed by atoms with Gasteiger partial charge in [0.1, 0.15) is 10.6 Å². The van der Waals surface area contributed by atoms with Crippen molar-refractivity contribution in [1.29, 1.82) is 0 Å².